The van der Waals surface area contributed by atoms with E-state index in [2.05, 4.69) is 9.88 Å². The summed E-state index contributed by atoms with van der Waals surface area (Å²) in [5.74, 6) is 0.265. The molecule has 6 nitrogen and oxygen atoms in total. The van der Waals surface area contributed by atoms with Gasteiger partial charge in [-0.05, 0) is 32.3 Å². The highest BCUT2D eigenvalue weighted by atomic mass is 19.1. The maximum atomic E-state index is 13.8. The third kappa shape index (κ3) is 2.18. The predicted octanol–water partition coefficient (Wildman–Crippen LogP) is 1.60. The van der Waals surface area contributed by atoms with Gasteiger partial charge in [0.15, 0.2) is 5.82 Å². The number of piperidine rings is 1. The average molecular weight is 318 g/mol. The van der Waals surface area contributed by atoms with E-state index in [9.17, 15) is 9.18 Å². The summed E-state index contributed by atoms with van der Waals surface area (Å²) in [7, 11) is 0. The third-order valence-electron chi connectivity index (χ3n) is 4.67. The summed E-state index contributed by atoms with van der Waals surface area (Å²) in [5, 5.41) is 0. The second-order valence-electron chi connectivity index (χ2n) is 6.32. The number of hydrogen-bond acceptors (Lipinski definition) is 5. The number of rotatable bonds is 1. The summed E-state index contributed by atoms with van der Waals surface area (Å²) in [6, 6.07) is 1.17. The second-order valence-corrected chi connectivity index (χ2v) is 6.32. The molecule has 4 rings (SSSR count). The molecule has 0 bridgehead atoms. The molecule has 2 aliphatic rings. The zero-order chi connectivity index (χ0) is 16.1. The van der Waals surface area contributed by atoms with Crippen molar-refractivity contribution in [2.45, 2.75) is 38.3 Å². The van der Waals surface area contributed by atoms with Crippen LogP contribution in [0.3, 0.4) is 0 Å². The molecular weight excluding hydrogens is 299 g/mol. The van der Waals surface area contributed by atoms with Gasteiger partial charge in [0, 0.05) is 24.3 Å². The van der Waals surface area contributed by atoms with Crippen molar-refractivity contribution in [3.63, 3.8) is 0 Å². The summed E-state index contributed by atoms with van der Waals surface area (Å²) in [6.45, 7) is 3.09. The van der Waals surface area contributed by atoms with E-state index < -0.39 is 11.9 Å². The summed E-state index contributed by atoms with van der Waals surface area (Å²) in [4.78, 5) is 19.5. The van der Waals surface area contributed by atoms with E-state index in [4.69, 9.17) is 10.5 Å². The quantitative estimate of drug-likeness (QED) is 0.865. The number of anilines is 1. The van der Waals surface area contributed by atoms with Gasteiger partial charge in [0.05, 0.1) is 6.04 Å². The van der Waals surface area contributed by atoms with Gasteiger partial charge in [0.2, 0.25) is 5.75 Å². The molecule has 0 aromatic carbocycles. The molecule has 7 heteroatoms. The van der Waals surface area contributed by atoms with E-state index in [0.29, 0.717) is 23.6 Å². The summed E-state index contributed by atoms with van der Waals surface area (Å²) < 4.78 is 20.7. The largest absolute Gasteiger partial charge is 0.483 e. The Hall–Kier alpha value is -2.15. The fourth-order valence-corrected chi connectivity index (χ4v) is 3.49. The molecule has 1 saturated heterocycles. The maximum absolute atomic E-state index is 13.8. The van der Waals surface area contributed by atoms with E-state index in [0.717, 1.165) is 32.0 Å². The molecule has 0 spiro atoms. The minimum Gasteiger partial charge on any atom is -0.483 e. The minimum absolute atomic E-state index is 0.210. The van der Waals surface area contributed by atoms with Crippen LogP contribution >= 0.6 is 0 Å². The van der Waals surface area contributed by atoms with Crippen LogP contribution in [0.25, 0.3) is 5.65 Å². The third-order valence-corrected chi connectivity index (χ3v) is 4.67. The Kier molecular flexibility index (Phi) is 3.26. The molecular formula is C16H19FN4O2. The van der Waals surface area contributed by atoms with Gasteiger partial charge in [0.25, 0.3) is 0 Å². The lowest BCUT2D eigenvalue weighted by molar-refractivity contribution is 0.234. The molecule has 23 heavy (non-hydrogen) atoms. The molecule has 2 aromatic rings. The molecule has 1 fully saturated rings. The Bertz CT molecular complexity index is 833. The molecule has 0 saturated carbocycles. The van der Waals surface area contributed by atoms with Crippen LogP contribution in [0, 0.1) is 5.82 Å². The number of nitrogens with zero attached hydrogens (tertiary/aromatic N) is 3. The Morgan fingerprint density at radius 3 is 3.09 bits per heavy atom. The number of nitrogens with two attached hydrogens (primary N) is 1. The number of ether oxygens (including phenoxy) is 1. The molecule has 0 radical (unpaired) electrons. The van der Waals surface area contributed by atoms with Crippen LogP contribution < -0.4 is 20.9 Å². The molecule has 2 aliphatic heterocycles. The smallest absolute Gasteiger partial charge is 0.302 e. The van der Waals surface area contributed by atoms with Crippen LogP contribution in [0.1, 0.15) is 37.8 Å². The van der Waals surface area contributed by atoms with Crippen LogP contribution in [-0.4, -0.2) is 28.6 Å². The van der Waals surface area contributed by atoms with Gasteiger partial charge in [0.1, 0.15) is 18.1 Å². The topological polar surface area (TPSA) is 72.9 Å². The number of hydrogen-bond donors (Lipinski definition) is 1. The van der Waals surface area contributed by atoms with Gasteiger partial charge in [-0.25, -0.2) is 9.37 Å². The molecule has 1 unspecified atom stereocenters. The maximum Gasteiger partial charge on any atom is 0.302 e. The zero-order valence-corrected chi connectivity index (χ0v) is 13.0. The molecule has 2 atom stereocenters. The highest BCUT2D eigenvalue weighted by molar-refractivity contribution is 5.62. The van der Waals surface area contributed by atoms with Crippen molar-refractivity contribution in [3.05, 3.63) is 34.0 Å². The van der Waals surface area contributed by atoms with Gasteiger partial charge < -0.3 is 15.4 Å². The SMILES string of the molecule is C[C@@H](N)c1cc(F)cn2c(=O)c3c(nc12)N1CCCCC1CO3. The van der Waals surface area contributed by atoms with Gasteiger partial charge in [-0.3, -0.25) is 9.20 Å². The number of fused-ring (bicyclic) bond motifs is 4. The minimum atomic E-state index is -0.514. The number of aromatic nitrogens is 2. The van der Waals surface area contributed by atoms with Crippen molar-refractivity contribution in [1.29, 1.82) is 0 Å². The molecule has 0 aliphatic carbocycles. The number of halogens is 1. The lowest BCUT2D eigenvalue weighted by Gasteiger charge is -2.40. The van der Waals surface area contributed by atoms with Crippen molar-refractivity contribution >= 4 is 11.5 Å². The van der Waals surface area contributed by atoms with Crippen LogP contribution in [0.4, 0.5) is 10.2 Å². The Morgan fingerprint density at radius 2 is 2.30 bits per heavy atom. The van der Waals surface area contributed by atoms with E-state index in [-0.39, 0.29) is 17.4 Å². The van der Waals surface area contributed by atoms with Gasteiger partial charge in [-0.15, -0.1) is 0 Å². The normalized spacial score (nSPS) is 21.5. The monoisotopic (exact) mass is 318 g/mol. The van der Waals surface area contributed by atoms with Crippen molar-refractivity contribution < 1.29 is 9.13 Å². The molecule has 2 aromatic heterocycles. The van der Waals surface area contributed by atoms with E-state index >= 15 is 0 Å². The van der Waals surface area contributed by atoms with Gasteiger partial charge in [-0.2, -0.15) is 0 Å². The van der Waals surface area contributed by atoms with Crippen molar-refractivity contribution in [1.82, 2.24) is 9.38 Å². The standard InChI is InChI=1S/C16H19FN4O2/c1-9(18)12-6-10(17)7-21-14(12)19-15-13(16(21)22)23-8-11-4-2-3-5-20(11)15/h6-7,9,11H,2-5,8,18H2,1H3/t9-,11?/m1/s1. The van der Waals surface area contributed by atoms with Crippen molar-refractivity contribution in [2.75, 3.05) is 18.1 Å². The summed E-state index contributed by atoms with van der Waals surface area (Å²) in [6.07, 6.45) is 4.40. The highest BCUT2D eigenvalue weighted by Crippen LogP contribution is 2.34. The fraction of sp³-hybridized carbons (Fsp3) is 0.500. The Balaban J connectivity index is 2.00. The van der Waals surface area contributed by atoms with Gasteiger partial charge in [-0.1, -0.05) is 0 Å². The van der Waals surface area contributed by atoms with Crippen molar-refractivity contribution in [3.8, 4) is 5.75 Å². The van der Waals surface area contributed by atoms with E-state index in [1.165, 1.54) is 10.5 Å². The zero-order valence-electron chi connectivity index (χ0n) is 13.0. The second kappa shape index (κ2) is 5.19. The molecule has 2 N–H and O–H groups in total. The van der Waals surface area contributed by atoms with Gasteiger partial charge >= 0.3 is 5.56 Å². The summed E-state index contributed by atoms with van der Waals surface area (Å²) in [5.41, 5.74) is 6.48. The van der Waals surface area contributed by atoms with Crippen LogP contribution in [-0.2, 0) is 0 Å². The predicted molar refractivity (Wildman–Crippen MR) is 84.5 cm³/mol. The highest BCUT2D eigenvalue weighted by Gasteiger charge is 2.33. The first kappa shape index (κ1) is 14.4. The van der Waals surface area contributed by atoms with E-state index in [1.54, 1.807) is 6.92 Å². The van der Waals surface area contributed by atoms with Crippen LogP contribution in [0.5, 0.6) is 5.75 Å². The first-order chi connectivity index (χ1) is 11.1. The molecule has 122 valence electrons. The van der Waals surface area contributed by atoms with E-state index in [1.807, 2.05) is 0 Å². The first-order valence-electron chi connectivity index (χ1n) is 7.97. The lowest BCUT2D eigenvalue weighted by atomic mass is 10.0. The summed E-state index contributed by atoms with van der Waals surface area (Å²) >= 11 is 0. The fourth-order valence-electron chi connectivity index (χ4n) is 3.49. The molecule has 4 heterocycles. The Labute approximate surface area is 132 Å². The lowest BCUT2D eigenvalue weighted by Crippen LogP contribution is -2.48. The average Bonchev–Trinajstić information content (AvgIpc) is 2.55. The molecule has 0 amide bonds. The Morgan fingerprint density at radius 1 is 1.48 bits per heavy atom. The first-order valence-corrected chi connectivity index (χ1v) is 7.97. The van der Waals surface area contributed by atoms with Crippen molar-refractivity contribution in [2.24, 2.45) is 5.73 Å². The van der Waals surface area contributed by atoms with Crippen LogP contribution in [0.15, 0.2) is 17.1 Å². The number of pyridine rings is 1. The van der Waals surface area contributed by atoms with Crippen LogP contribution in [0.2, 0.25) is 0 Å².